The number of thiocarbonyl (C=S) groups is 1. The zero-order valence-corrected chi connectivity index (χ0v) is 16.1. The van der Waals surface area contributed by atoms with Crippen molar-refractivity contribution in [3.63, 3.8) is 0 Å². The molecule has 0 radical (unpaired) electrons. The number of nitrogens with one attached hydrogen (secondary N) is 1. The van der Waals surface area contributed by atoms with Crippen molar-refractivity contribution in [3.8, 4) is 0 Å². The van der Waals surface area contributed by atoms with Gasteiger partial charge in [0.1, 0.15) is 10.6 Å². The van der Waals surface area contributed by atoms with Crippen LogP contribution in [0.1, 0.15) is 46.1 Å². The zero-order chi connectivity index (χ0) is 17.7. The number of benzene rings is 1. The molecule has 0 aliphatic carbocycles. The monoisotopic (exact) mass is 366 g/mol. The molecule has 0 atom stereocenters. The van der Waals surface area contributed by atoms with Gasteiger partial charge in [-0.3, -0.25) is 0 Å². The summed E-state index contributed by atoms with van der Waals surface area (Å²) in [4.78, 5) is 6.04. The maximum Gasteiger partial charge on any atom is 0.129 e. The number of halogens is 1. The number of nitrogens with zero attached hydrogens (tertiary/aromatic N) is 1. The normalized spacial score (nSPS) is 15.4. The Morgan fingerprint density at radius 1 is 1.42 bits per heavy atom. The molecule has 1 heterocycles. The number of allylic oxidation sites excluding steroid dienone is 1. The Balaban J connectivity index is 2.12. The smallest absolute Gasteiger partial charge is 0.129 e. The first-order chi connectivity index (χ1) is 11.3. The second-order valence-electron chi connectivity index (χ2n) is 6.62. The minimum absolute atomic E-state index is 0.342. The van der Waals surface area contributed by atoms with Crippen molar-refractivity contribution in [2.75, 3.05) is 11.9 Å². The average molecular weight is 367 g/mol. The van der Waals surface area contributed by atoms with Crippen molar-refractivity contribution in [2.45, 2.75) is 46.1 Å². The molecule has 0 amide bonds. The molecule has 130 valence electrons. The Labute approximate surface area is 153 Å². The summed E-state index contributed by atoms with van der Waals surface area (Å²) in [7, 11) is 0. The fourth-order valence-electron chi connectivity index (χ4n) is 2.18. The van der Waals surface area contributed by atoms with Crippen LogP contribution in [0.5, 0.6) is 0 Å². The number of hydrogen-bond donors (Lipinski definition) is 1. The number of rotatable bonds is 4. The van der Waals surface area contributed by atoms with Crippen LogP contribution in [0.2, 0.25) is 5.02 Å². The van der Waals surface area contributed by atoms with E-state index in [-0.39, 0.29) is 5.60 Å². The second-order valence-corrected chi connectivity index (χ2v) is 7.43. The van der Waals surface area contributed by atoms with Gasteiger partial charge in [-0.15, -0.1) is 0 Å². The number of ether oxygens (including phenoxy) is 1. The van der Waals surface area contributed by atoms with Gasteiger partial charge < -0.3 is 14.9 Å². The van der Waals surface area contributed by atoms with Crippen LogP contribution < -0.4 is 5.32 Å². The van der Waals surface area contributed by atoms with Gasteiger partial charge in [-0.2, -0.15) is 0 Å². The fraction of sp³-hybridized carbons (Fsp3) is 0.444. The molecule has 1 N–H and O–H groups in total. The Hall–Kier alpha value is -1.59. The van der Waals surface area contributed by atoms with Crippen molar-refractivity contribution >= 4 is 40.7 Å². The van der Waals surface area contributed by atoms with Crippen molar-refractivity contribution in [1.82, 2.24) is 0 Å². The first-order valence-corrected chi connectivity index (χ1v) is 8.70. The van der Waals surface area contributed by atoms with Crippen LogP contribution in [0, 0.1) is 0 Å². The molecular weight excluding hydrogens is 344 g/mol. The number of hydrogen-bond acceptors (Lipinski definition) is 4. The number of anilines is 1. The van der Waals surface area contributed by atoms with Crippen LogP contribution in [0.3, 0.4) is 0 Å². The average Bonchev–Trinajstić information content (AvgIpc) is 2.49. The van der Waals surface area contributed by atoms with E-state index in [2.05, 4.69) is 10.5 Å². The molecule has 1 aliphatic heterocycles. The van der Waals surface area contributed by atoms with E-state index in [1.165, 1.54) is 0 Å². The van der Waals surface area contributed by atoms with Crippen LogP contribution in [-0.2, 0) is 9.57 Å². The predicted octanol–water partition coefficient (Wildman–Crippen LogP) is 5.31. The maximum absolute atomic E-state index is 6.22. The summed E-state index contributed by atoms with van der Waals surface area (Å²) in [6.07, 6.45) is 3.52. The van der Waals surface area contributed by atoms with Crippen LogP contribution in [-0.4, -0.2) is 23.4 Å². The predicted molar refractivity (Wildman–Crippen MR) is 104 cm³/mol. The molecule has 2 rings (SSSR count). The molecule has 24 heavy (non-hydrogen) atoms. The van der Waals surface area contributed by atoms with Crippen LogP contribution in [0.4, 0.5) is 5.69 Å². The molecule has 0 bridgehead atoms. The lowest BCUT2D eigenvalue weighted by Gasteiger charge is -2.20. The summed E-state index contributed by atoms with van der Waals surface area (Å²) in [5.74, 6) is 0.896. The molecule has 6 heteroatoms. The Morgan fingerprint density at radius 2 is 2.17 bits per heavy atom. The molecule has 0 unspecified atom stereocenters. The highest BCUT2D eigenvalue weighted by Gasteiger charge is 2.15. The molecule has 4 nitrogen and oxygen atoms in total. The highest BCUT2D eigenvalue weighted by molar-refractivity contribution is 7.81. The van der Waals surface area contributed by atoms with Crippen molar-refractivity contribution in [2.24, 2.45) is 5.16 Å². The SMILES string of the molecule is CC1=C(C(=S)Nc2ccc(Cl)c(C=NOC(C)(C)C)c2)CCCO1. The third kappa shape index (κ3) is 5.49. The lowest BCUT2D eigenvalue weighted by atomic mass is 10.1. The summed E-state index contributed by atoms with van der Waals surface area (Å²) in [6, 6.07) is 5.59. The highest BCUT2D eigenvalue weighted by Crippen LogP contribution is 2.24. The third-order valence-corrected chi connectivity index (χ3v) is 4.05. The fourth-order valence-corrected chi connectivity index (χ4v) is 2.71. The van der Waals surface area contributed by atoms with Gasteiger partial charge in [0.2, 0.25) is 0 Å². The molecule has 0 aromatic heterocycles. The number of oxime groups is 1. The van der Waals surface area contributed by atoms with Gasteiger partial charge in [0, 0.05) is 21.8 Å². The van der Waals surface area contributed by atoms with E-state index in [0.717, 1.165) is 42.0 Å². The highest BCUT2D eigenvalue weighted by atomic mass is 35.5. The Kier molecular flexibility index (Phi) is 6.24. The van der Waals surface area contributed by atoms with Gasteiger partial charge in [-0.1, -0.05) is 29.0 Å². The summed E-state index contributed by atoms with van der Waals surface area (Å²) in [5.41, 5.74) is 2.33. The molecule has 0 saturated carbocycles. The van der Waals surface area contributed by atoms with Gasteiger partial charge in [0.05, 0.1) is 18.6 Å². The molecule has 0 spiro atoms. The molecule has 1 aliphatic rings. The van der Waals surface area contributed by atoms with Gasteiger partial charge in [-0.25, -0.2) is 0 Å². The van der Waals surface area contributed by atoms with E-state index in [1.54, 1.807) is 6.21 Å². The Morgan fingerprint density at radius 3 is 2.83 bits per heavy atom. The minimum atomic E-state index is -0.342. The van der Waals surface area contributed by atoms with E-state index in [0.29, 0.717) is 10.0 Å². The van der Waals surface area contributed by atoms with Crippen molar-refractivity contribution in [1.29, 1.82) is 0 Å². The maximum atomic E-state index is 6.22. The second kappa shape index (κ2) is 7.99. The first-order valence-electron chi connectivity index (χ1n) is 7.91. The third-order valence-electron chi connectivity index (χ3n) is 3.36. The lowest BCUT2D eigenvalue weighted by molar-refractivity contribution is 0.00199. The summed E-state index contributed by atoms with van der Waals surface area (Å²) < 4.78 is 5.57. The van der Waals surface area contributed by atoms with E-state index < -0.39 is 0 Å². The van der Waals surface area contributed by atoms with E-state index in [9.17, 15) is 0 Å². The molecule has 1 aromatic carbocycles. The van der Waals surface area contributed by atoms with Crippen LogP contribution in [0.15, 0.2) is 34.7 Å². The largest absolute Gasteiger partial charge is 0.498 e. The Bertz CT molecular complexity index is 678. The molecule has 0 saturated heterocycles. The van der Waals surface area contributed by atoms with Crippen LogP contribution in [0.25, 0.3) is 0 Å². The van der Waals surface area contributed by atoms with E-state index in [4.69, 9.17) is 33.4 Å². The first kappa shape index (κ1) is 18.7. The van der Waals surface area contributed by atoms with Crippen molar-refractivity contribution in [3.05, 3.63) is 40.1 Å². The van der Waals surface area contributed by atoms with E-state index >= 15 is 0 Å². The van der Waals surface area contributed by atoms with E-state index in [1.807, 2.05) is 45.9 Å². The molecular formula is C18H23ClN2O2S. The van der Waals surface area contributed by atoms with Crippen LogP contribution >= 0.6 is 23.8 Å². The lowest BCUT2D eigenvalue weighted by Crippen LogP contribution is -2.18. The topological polar surface area (TPSA) is 42.9 Å². The van der Waals surface area contributed by atoms with Gasteiger partial charge in [0.15, 0.2) is 0 Å². The quantitative estimate of drug-likeness (QED) is 0.445. The van der Waals surface area contributed by atoms with Crippen molar-refractivity contribution < 1.29 is 9.57 Å². The summed E-state index contributed by atoms with van der Waals surface area (Å²) in [6.45, 7) is 8.51. The summed E-state index contributed by atoms with van der Waals surface area (Å²) >= 11 is 11.7. The van der Waals surface area contributed by atoms with Gasteiger partial charge in [0.25, 0.3) is 0 Å². The summed E-state index contributed by atoms with van der Waals surface area (Å²) in [5, 5.41) is 7.85. The van der Waals surface area contributed by atoms with Gasteiger partial charge in [-0.05, 0) is 58.7 Å². The molecule has 0 fully saturated rings. The van der Waals surface area contributed by atoms with Gasteiger partial charge >= 0.3 is 0 Å². The minimum Gasteiger partial charge on any atom is -0.498 e. The standard InChI is InChI=1S/C18H23ClN2O2S/c1-12-15(6-5-9-22-12)17(24)21-14-7-8-16(19)13(10-14)11-20-23-18(2,3)4/h7-8,10-11H,5-6,9H2,1-4H3,(H,21,24). The zero-order valence-electron chi connectivity index (χ0n) is 14.5. The molecule has 1 aromatic rings.